The van der Waals surface area contributed by atoms with Crippen molar-refractivity contribution in [2.24, 2.45) is 0 Å². The van der Waals surface area contributed by atoms with Gasteiger partial charge in [-0.15, -0.1) is 11.3 Å². The summed E-state index contributed by atoms with van der Waals surface area (Å²) >= 11 is 5.08. The van der Waals surface area contributed by atoms with E-state index in [0.29, 0.717) is 6.54 Å². The fourth-order valence-corrected chi connectivity index (χ4v) is 2.50. The summed E-state index contributed by atoms with van der Waals surface area (Å²) in [6.45, 7) is 4.62. The molecule has 1 N–H and O–H groups in total. The molecule has 5 heteroatoms. The molecule has 0 aromatic carbocycles. The number of carbonyl (C=O) groups is 1. The minimum atomic E-state index is -0.210. The minimum Gasteiger partial charge on any atom is -0.462 e. The monoisotopic (exact) mass is 291 g/mol. The quantitative estimate of drug-likeness (QED) is 0.848. The van der Waals surface area contributed by atoms with Gasteiger partial charge in [0.05, 0.1) is 12.6 Å². The zero-order chi connectivity index (χ0) is 11.3. The number of hydrogen-bond donors (Lipinski definition) is 1. The number of rotatable bonds is 5. The van der Waals surface area contributed by atoms with Crippen molar-refractivity contribution in [3.05, 3.63) is 20.8 Å². The molecular formula is C10H14BrNO2S. The van der Waals surface area contributed by atoms with Gasteiger partial charge in [0.1, 0.15) is 0 Å². The topological polar surface area (TPSA) is 38.3 Å². The summed E-state index contributed by atoms with van der Waals surface area (Å²) in [6.07, 6.45) is -0.0484. The number of hydrogen-bond acceptors (Lipinski definition) is 4. The number of nitrogens with one attached hydrogen (secondary N) is 1. The average molecular weight is 292 g/mol. The van der Waals surface area contributed by atoms with Crippen LogP contribution in [0.25, 0.3) is 0 Å². The lowest BCUT2D eigenvalue weighted by atomic mass is 10.4. The highest BCUT2D eigenvalue weighted by molar-refractivity contribution is 9.10. The first-order valence-electron chi connectivity index (χ1n) is 4.71. The van der Waals surface area contributed by atoms with Crippen LogP contribution in [-0.2, 0) is 16.1 Å². The number of halogens is 1. The Hall–Kier alpha value is -0.390. The van der Waals surface area contributed by atoms with Gasteiger partial charge >= 0.3 is 5.97 Å². The molecule has 0 radical (unpaired) electrons. The summed E-state index contributed by atoms with van der Waals surface area (Å²) in [6, 6.07) is 1.99. The minimum absolute atomic E-state index is 0.0484. The van der Waals surface area contributed by atoms with Crippen LogP contribution in [0.2, 0.25) is 0 Å². The van der Waals surface area contributed by atoms with E-state index in [4.69, 9.17) is 4.74 Å². The molecule has 0 saturated carbocycles. The summed E-state index contributed by atoms with van der Waals surface area (Å²) < 4.78 is 6.07. The molecule has 0 aliphatic rings. The van der Waals surface area contributed by atoms with E-state index >= 15 is 0 Å². The SMILES string of the molecule is CC(C)OC(=O)CNCc1sccc1Br. The van der Waals surface area contributed by atoms with Crippen LogP contribution in [0.3, 0.4) is 0 Å². The van der Waals surface area contributed by atoms with Crippen molar-refractivity contribution >= 4 is 33.2 Å². The van der Waals surface area contributed by atoms with Crippen LogP contribution in [-0.4, -0.2) is 18.6 Å². The summed E-state index contributed by atoms with van der Waals surface area (Å²) in [4.78, 5) is 12.4. The van der Waals surface area contributed by atoms with Crippen molar-refractivity contribution in [2.75, 3.05) is 6.54 Å². The Kier molecular flexibility index (Phi) is 5.28. The van der Waals surface area contributed by atoms with E-state index in [-0.39, 0.29) is 18.6 Å². The molecule has 0 spiro atoms. The average Bonchev–Trinajstić information content (AvgIpc) is 2.50. The molecule has 3 nitrogen and oxygen atoms in total. The molecule has 0 unspecified atom stereocenters. The molecule has 0 fully saturated rings. The summed E-state index contributed by atoms with van der Waals surface area (Å²) in [5.41, 5.74) is 0. The van der Waals surface area contributed by atoms with E-state index in [1.807, 2.05) is 25.3 Å². The van der Waals surface area contributed by atoms with Crippen LogP contribution in [0, 0.1) is 0 Å². The smallest absolute Gasteiger partial charge is 0.320 e. The summed E-state index contributed by atoms with van der Waals surface area (Å²) in [5.74, 6) is -0.210. The predicted molar refractivity (Wildman–Crippen MR) is 65.0 cm³/mol. The summed E-state index contributed by atoms with van der Waals surface area (Å²) in [5, 5.41) is 5.05. The van der Waals surface area contributed by atoms with Crippen molar-refractivity contribution < 1.29 is 9.53 Å². The first-order chi connectivity index (χ1) is 7.09. The van der Waals surface area contributed by atoms with E-state index in [1.165, 1.54) is 4.88 Å². The number of carbonyl (C=O) groups excluding carboxylic acids is 1. The standard InChI is InChI=1S/C10H14BrNO2S/c1-7(2)14-10(13)6-12-5-9-8(11)3-4-15-9/h3-4,7,12H,5-6H2,1-2H3. The van der Waals surface area contributed by atoms with Crippen molar-refractivity contribution in [3.8, 4) is 0 Å². The van der Waals surface area contributed by atoms with Crippen molar-refractivity contribution in [1.29, 1.82) is 0 Å². The highest BCUT2D eigenvalue weighted by atomic mass is 79.9. The fourth-order valence-electron chi connectivity index (χ4n) is 1.03. The lowest BCUT2D eigenvalue weighted by molar-refractivity contribution is -0.146. The second-order valence-corrected chi connectivity index (χ2v) is 5.19. The molecule has 0 aliphatic heterocycles. The zero-order valence-electron chi connectivity index (χ0n) is 8.75. The van der Waals surface area contributed by atoms with Crippen molar-refractivity contribution in [3.63, 3.8) is 0 Å². The molecule has 1 aromatic heterocycles. The number of esters is 1. The maximum atomic E-state index is 11.2. The van der Waals surface area contributed by atoms with E-state index < -0.39 is 0 Å². The molecule has 84 valence electrons. The van der Waals surface area contributed by atoms with Gasteiger partial charge in [-0.3, -0.25) is 4.79 Å². The number of ether oxygens (including phenoxy) is 1. The molecule has 1 heterocycles. The highest BCUT2D eigenvalue weighted by Crippen LogP contribution is 2.21. The lowest BCUT2D eigenvalue weighted by Crippen LogP contribution is -2.26. The molecule has 0 aliphatic carbocycles. The van der Waals surface area contributed by atoms with Gasteiger partial charge in [-0.2, -0.15) is 0 Å². The summed E-state index contributed by atoms with van der Waals surface area (Å²) in [7, 11) is 0. The molecule has 15 heavy (non-hydrogen) atoms. The molecule has 1 aromatic rings. The van der Waals surface area contributed by atoms with Gasteiger partial charge in [0.25, 0.3) is 0 Å². The zero-order valence-corrected chi connectivity index (χ0v) is 11.2. The largest absolute Gasteiger partial charge is 0.462 e. The molecule has 1 rings (SSSR count). The molecule has 0 bridgehead atoms. The second-order valence-electron chi connectivity index (χ2n) is 3.33. The van der Waals surface area contributed by atoms with E-state index in [9.17, 15) is 4.79 Å². The van der Waals surface area contributed by atoms with Gasteiger partial charge in [0.15, 0.2) is 0 Å². The van der Waals surface area contributed by atoms with Gasteiger partial charge in [-0.1, -0.05) is 0 Å². The predicted octanol–water partition coefficient (Wildman–Crippen LogP) is 2.55. The Morgan fingerprint density at radius 1 is 1.67 bits per heavy atom. The van der Waals surface area contributed by atoms with Crippen LogP contribution in [0.5, 0.6) is 0 Å². The molecule has 0 amide bonds. The van der Waals surface area contributed by atoms with Crippen molar-refractivity contribution in [2.45, 2.75) is 26.5 Å². The maximum Gasteiger partial charge on any atom is 0.320 e. The van der Waals surface area contributed by atoms with E-state index in [0.717, 1.165) is 4.47 Å². The Morgan fingerprint density at radius 2 is 2.40 bits per heavy atom. The van der Waals surface area contributed by atoms with Crippen LogP contribution in [0.4, 0.5) is 0 Å². The molecule has 0 saturated heterocycles. The highest BCUT2D eigenvalue weighted by Gasteiger charge is 2.06. The lowest BCUT2D eigenvalue weighted by Gasteiger charge is -2.08. The third-order valence-corrected chi connectivity index (χ3v) is 3.54. The fraction of sp³-hybridized carbons (Fsp3) is 0.500. The van der Waals surface area contributed by atoms with E-state index in [1.54, 1.807) is 11.3 Å². The molecule has 0 atom stereocenters. The van der Waals surface area contributed by atoms with Gasteiger partial charge in [0, 0.05) is 15.9 Å². The van der Waals surface area contributed by atoms with Crippen LogP contribution in [0.15, 0.2) is 15.9 Å². The third-order valence-electron chi connectivity index (χ3n) is 1.61. The molecular weight excluding hydrogens is 278 g/mol. The third kappa shape index (κ3) is 4.77. The normalized spacial score (nSPS) is 10.7. The van der Waals surface area contributed by atoms with Crippen LogP contribution >= 0.6 is 27.3 Å². The Morgan fingerprint density at radius 3 is 2.93 bits per heavy atom. The van der Waals surface area contributed by atoms with Crippen LogP contribution in [0.1, 0.15) is 18.7 Å². The first-order valence-corrected chi connectivity index (χ1v) is 6.39. The van der Waals surface area contributed by atoms with Gasteiger partial charge in [0.2, 0.25) is 0 Å². The van der Waals surface area contributed by atoms with Gasteiger partial charge in [-0.25, -0.2) is 0 Å². The Bertz CT molecular complexity index is 325. The maximum absolute atomic E-state index is 11.2. The Balaban J connectivity index is 2.22. The van der Waals surface area contributed by atoms with Crippen LogP contribution < -0.4 is 5.32 Å². The van der Waals surface area contributed by atoms with Crippen molar-refractivity contribution in [1.82, 2.24) is 5.32 Å². The van der Waals surface area contributed by atoms with E-state index in [2.05, 4.69) is 21.2 Å². The number of thiophene rings is 1. The Labute approximate surface area is 102 Å². The first kappa shape index (κ1) is 12.7. The second kappa shape index (κ2) is 6.25. The van der Waals surface area contributed by atoms with Gasteiger partial charge in [-0.05, 0) is 41.2 Å². The van der Waals surface area contributed by atoms with Gasteiger partial charge < -0.3 is 10.1 Å².